The van der Waals surface area contributed by atoms with Crippen molar-refractivity contribution in [1.82, 2.24) is 20.3 Å². The molecule has 0 saturated heterocycles. The maximum absolute atomic E-state index is 15.8. The third-order valence-electron chi connectivity index (χ3n) is 11.2. The number of benzene rings is 3. The molecule has 0 bridgehead atoms. The number of nitrogens with one attached hydrogen (secondary N) is 2. The summed E-state index contributed by atoms with van der Waals surface area (Å²) in [7, 11) is 0. The van der Waals surface area contributed by atoms with Crippen LogP contribution in [0.15, 0.2) is 116 Å². The number of hydrogen-bond acceptors (Lipinski definition) is 9. The molecule has 0 aliphatic rings. The van der Waals surface area contributed by atoms with Gasteiger partial charge in [0.05, 0.1) is 6.42 Å². The van der Waals surface area contributed by atoms with Crippen molar-refractivity contribution in [1.29, 1.82) is 0 Å². The second-order valence-electron chi connectivity index (χ2n) is 15.5. The number of halogens is 10. The Bertz CT molecular complexity index is 2930. The Morgan fingerprint density at radius 1 is 0.667 bits per heavy atom. The van der Waals surface area contributed by atoms with Gasteiger partial charge in [0, 0.05) is 57.5 Å². The van der Waals surface area contributed by atoms with Crippen molar-refractivity contribution in [2.45, 2.75) is 62.2 Å². The van der Waals surface area contributed by atoms with Crippen LogP contribution in [0.25, 0.3) is 0 Å². The molecule has 0 aliphatic heterocycles. The summed E-state index contributed by atoms with van der Waals surface area (Å²) in [6.45, 7) is 2.17. The predicted molar refractivity (Wildman–Crippen MR) is 242 cm³/mol. The molecule has 0 spiro atoms. The van der Waals surface area contributed by atoms with Crippen molar-refractivity contribution in [2.75, 3.05) is 5.32 Å². The lowest BCUT2D eigenvalue weighted by molar-refractivity contribution is -0.274. The lowest BCUT2D eigenvalue weighted by atomic mass is 9.77. The summed E-state index contributed by atoms with van der Waals surface area (Å²) in [6.07, 6.45) is -8.89. The third kappa shape index (κ3) is 11.3. The van der Waals surface area contributed by atoms with Crippen molar-refractivity contribution in [3.8, 4) is 0 Å². The summed E-state index contributed by atoms with van der Waals surface area (Å²) >= 11 is 24.9. The number of carboxylic acid groups (broad SMARTS) is 1. The average molecular weight is 1040 g/mol. The molecule has 3 heterocycles. The highest BCUT2D eigenvalue weighted by atomic mass is 35.5. The summed E-state index contributed by atoms with van der Waals surface area (Å²) in [6, 6.07) is 20.1. The van der Waals surface area contributed by atoms with Gasteiger partial charge < -0.3 is 25.6 Å². The number of aliphatic hydroxyl groups is 1. The van der Waals surface area contributed by atoms with Crippen LogP contribution in [0.3, 0.4) is 0 Å². The summed E-state index contributed by atoms with van der Waals surface area (Å²) in [5, 5.41) is 23.8. The van der Waals surface area contributed by atoms with Crippen LogP contribution in [-0.4, -0.2) is 61.3 Å². The molecule has 4 unspecified atom stereocenters. The third-order valence-corrected chi connectivity index (χ3v) is 12.2. The monoisotopic (exact) mass is 1040 g/mol. The summed E-state index contributed by atoms with van der Waals surface area (Å²) < 4.78 is 96.4. The van der Waals surface area contributed by atoms with E-state index in [0.717, 1.165) is 80.8 Å². The zero-order valence-corrected chi connectivity index (χ0v) is 38.6. The van der Waals surface area contributed by atoms with E-state index >= 15 is 13.2 Å². The molecule has 22 heteroatoms. The van der Waals surface area contributed by atoms with E-state index in [9.17, 15) is 37.5 Å². The fourth-order valence-electron chi connectivity index (χ4n) is 7.52. The number of aliphatic carboxylic acids is 1. The Hall–Kier alpha value is -6.31. The number of pyridine rings is 3. The van der Waals surface area contributed by atoms with Gasteiger partial charge in [-0.15, -0.1) is 0 Å². The van der Waals surface area contributed by atoms with Gasteiger partial charge in [0.25, 0.3) is 11.8 Å². The van der Waals surface area contributed by atoms with Crippen LogP contribution < -0.4 is 10.6 Å². The molecule has 69 heavy (non-hydrogen) atoms. The van der Waals surface area contributed by atoms with E-state index in [1.807, 2.05) is 0 Å². The lowest BCUT2D eigenvalue weighted by Crippen LogP contribution is -2.50. The Kier molecular flexibility index (Phi) is 15.6. The molecule has 0 fully saturated rings. The SMILES string of the molecule is CC(c1ccc(C(=O)Nc2cccc(C(=O)OC(c3ccnc(Cl)c3)(C(C)c3ccc(C(=O)NCc4ccc(CC(=O)O)cc4)cc3Cl)C(F)(F)F)n2)cc1Cl)C(O)(c1ccnc(Cl)c1)C(F)(F)F. The van der Waals surface area contributed by atoms with Gasteiger partial charge in [0.2, 0.25) is 5.60 Å². The molecular formula is C47H35Cl4F6N5O7. The highest BCUT2D eigenvalue weighted by Crippen LogP contribution is 2.54. The van der Waals surface area contributed by atoms with Crippen LogP contribution in [0.2, 0.25) is 20.4 Å². The summed E-state index contributed by atoms with van der Waals surface area (Å²) in [5.41, 5.74) is -8.56. The van der Waals surface area contributed by atoms with Crippen molar-refractivity contribution < 1.29 is 60.5 Å². The van der Waals surface area contributed by atoms with Gasteiger partial charge in [-0.3, -0.25) is 14.4 Å². The van der Waals surface area contributed by atoms with Crippen LogP contribution in [0.5, 0.6) is 0 Å². The Morgan fingerprint density at radius 3 is 1.74 bits per heavy atom. The first kappa shape index (κ1) is 52.1. The number of aromatic nitrogens is 3. The highest BCUT2D eigenvalue weighted by molar-refractivity contribution is 6.32. The Balaban J connectivity index is 1.25. The molecule has 6 rings (SSSR count). The van der Waals surface area contributed by atoms with Gasteiger partial charge in [-0.25, -0.2) is 19.7 Å². The normalized spacial score (nSPS) is 14.4. The Labute approximate surface area is 408 Å². The number of ether oxygens (including phenoxy) is 1. The van der Waals surface area contributed by atoms with Crippen molar-refractivity contribution >= 4 is 76.0 Å². The van der Waals surface area contributed by atoms with E-state index in [2.05, 4.69) is 25.6 Å². The topological polar surface area (TPSA) is 181 Å². The smallest absolute Gasteiger partial charge is 0.433 e. The van der Waals surface area contributed by atoms with Crippen LogP contribution in [0.4, 0.5) is 32.2 Å². The first-order valence-corrected chi connectivity index (χ1v) is 21.6. The number of carboxylic acids is 1. The molecular weight excluding hydrogens is 1000 g/mol. The predicted octanol–water partition coefficient (Wildman–Crippen LogP) is 11.3. The minimum absolute atomic E-state index is 0.0165. The van der Waals surface area contributed by atoms with Crippen LogP contribution >= 0.6 is 46.4 Å². The van der Waals surface area contributed by atoms with Crippen molar-refractivity contribution in [2.24, 2.45) is 0 Å². The number of alkyl halides is 6. The number of nitrogens with zero attached hydrogens (tertiary/aromatic N) is 3. The molecule has 3 aromatic heterocycles. The number of amides is 2. The van der Waals surface area contributed by atoms with Crippen molar-refractivity contribution in [3.63, 3.8) is 0 Å². The van der Waals surface area contributed by atoms with Crippen LogP contribution in [0, 0.1) is 0 Å². The lowest BCUT2D eigenvalue weighted by Gasteiger charge is -2.40. The average Bonchev–Trinajstić information content (AvgIpc) is 3.28. The van der Waals surface area contributed by atoms with E-state index in [4.69, 9.17) is 56.2 Å². The van der Waals surface area contributed by atoms with Crippen LogP contribution in [-0.2, 0) is 33.7 Å². The first-order chi connectivity index (χ1) is 32.3. The number of carbonyl (C=O) groups is 4. The minimum Gasteiger partial charge on any atom is -0.481 e. The Morgan fingerprint density at radius 2 is 1.20 bits per heavy atom. The summed E-state index contributed by atoms with van der Waals surface area (Å²) in [4.78, 5) is 62.9. The molecule has 4 atom stereocenters. The molecule has 12 nitrogen and oxygen atoms in total. The van der Waals surface area contributed by atoms with E-state index in [1.54, 1.807) is 24.3 Å². The molecule has 0 saturated carbocycles. The van der Waals surface area contributed by atoms with Gasteiger partial charge in [0.15, 0.2) is 11.3 Å². The van der Waals surface area contributed by atoms with Gasteiger partial charge in [-0.2, -0.15) is 26.3 Å². The number of esters is 1. The molecule has 6 aromatic rings. The van der Waals surface area contributed by atoms with Gasteiger partial charge in [-0.05, 0) is 88.5 Å². The number of hydrogen-bond donors (Lipinski definition) is 4. The summed E-state index contributed by atoms with van der Waals surface area (Å²) in [5.74, 6) is -8.22. The van der Waals surface area contributed by atoms with Gasteiger partial charge in [0.1, 0.15) is 16.1 Å². The standard InChI is InChI=1S/C47H35Cl4F6N5O7/c1-24(44(68,46(52,53)54)30-14-16-58-37(50)21-30)32-12-11-29(20-34(32)48)42(66)62-39-5-3-4-36(61-39)43(67)69-45(47(55,56)57,31-15-17-59-38(51)22-31)25(2)33-13-10-28(19-35(33)49)41(65)60-23-27-8-6-26(7-9-27)18-40(63)64/h3-17,19-22,24-25,68H,18,23H2,1-2H3,(H,60,65)(H,63,64)(H,61,62,66). The largest absolute Gasteiger partial charge is 0.481 e. The number of anilines is 1. The first-order valence-electron chi connectivity index (χ1n) is 20.1. The zero-order chi connectivity index (χ0) is 50.6. The van der Waals surface area contributed by atoms with Crippen molar-refractivity contribution in [3.05, 3.63) is 186 Å². The molecule has 4 N–H and O–H groups in total. The quantitative estimate of drug-likeness (QED) is 0.0439. The number of rotatable bonds is 15. The molecule has 360 valence electrons. The molecule has 0 radical (unpaired) electrons. The van der Waals surface area contributed by atoms with E-state index in [1.165, 1.54) is 24.3 Å². The highest BCUT2D eigenvalue weighted by Gasteiger charge is 2.64. The van der Waals surface area contributed by atoms with E-state index in [0.29, 0.717) is 11.1 Å². The zero-order valence-electron chi connectivity index (χ0n) is 35.6. The number of carbonyl (C=O) groups excluding carboxylic acids is 3. The fraction of sp³-hybridized carbons (Fsp3) is 0.213. The molecule has 0 aliphatic carbocycles. The second-order valence-corrected chi connectivity index (χ2v) is 17.1. The maximum Gasteiger partial charge on any atom is 0.433 e. The van der Waals surface area contributed by atoms with Crippen LogP contribution in [0.1, 0.15) is 90.3 Å². The van der Waals surface area contributed by atoms with Gasteiger partial charge in [-0.1, -0.05) is 103 Å². The van der Waals surface area contributed by atoms with E-state index < -0.39 is 76.0 Å². The van der Waals surface area contributed by atoms with E-state index in [-0.39, 0.29) is 61.4 Å². The fourth-order valence-corrected chi connectivity index (χ4v) is 8.55. The maximum atomic E-state index is 15.8. The minimum atomic E-state index is -5.41. The second kappa shape index (κ2) is 20.7. The molecule has 3 aromatic carbocycles. The van der Waals surface area contributed by atoms with Gasteiger partial charge >= 0.3 is 24.3 Å². The molecule has 2 amide bonds.